The molecule has 0 amide bonds. The largest absolute Gasteiger partial charge is 1.00 e. The van der Waals surface area contributed by atoms with Crippen LogP contribution in [-0.2, 0) is 23.1 Å². The molecule has 0 aliphatic carbocycles. The molecule has 27 heavy (non-hydrogen) atoms. The van der Waals surface area contributed by atoms with Crippen molar-refractivity contribution in [3.05, 3.63) is 60.7 Å². The van der Waals surface area contributed by atoms with Crippen LogP contribution in [0.3, 0.4) is 0 Å². The lowest BCUT2D eigenvalue weighted by Gasteiger charge is -2.07. The lowest BCUT2D eigenvalue weighted by atomic mass is 10.0. The van der Waals surface area contributed by atoms with E-state index < -0.39 is 0 Å². The zero-order chi connectivity index (χ0) is 18.9. The highest BCUT2D eigenvalue weighted by Crippen LogP contribution is 2.15. The van der Waals surface area contributed by atoms with Crippen LogP contribution in [0.2, 0.25) is 0 Å². The highest BCUT2D eigenvalue weighted by atomic mass is 35.5. The van der Waals surface area contributed by atoms with Crippen molar-refractivity contribution in [2.75, 3.05) is 11.5 Å². The quantitative estimate of drug-likeness (QED) is 0.200. The fraction of sp³-hybridized carbons (Fsp3) is 0.600. The molecule has 0 nitrogen and oxygen atoms in total. The Labute approximate surface area is 178 Å². The third-order valence-corrected chi connectivity index (χ3v) is 7.08. The van der Waals surface area contributed by atoms with Crippen LogP contribution in [0.25, 0.3) is 0 Å². The van der Waals surface area contributed by atoms with E-state index in [1.807, 2.05) is 12.2 Å². The van der Waals surface area contributed by atoms with Crippen LogP contribution in [0, 0.1) is 0 Å². The molecule has 0 aliphatic rings. The Morgan fingerprint density at radius 3 is 1.63 bits per heavy atom. The van der Waals surface area contributed by atoms with Crippen molar-refractivity contribution >= 4 is 10.9 Å². The van der Waals surface area contributed by atoms with Gasteiger partial charge in [0.05, 0.1) is 0 Å². The maximum Gasteiger partial charge on any atom is 0.133 e. The molecule has 0 N–H and O–H groups in total. The average Bonchev–Trinajstić information content (AvgIpc) is 2.65. The first-order valence-corrected chi connectivity index (χ1v) is 12.5. The summed E-state index contributed by atoms with van der Waals surface area (Å²) in [6, 6.07) is 9.34. The summed E-state index contributed by atoms with van der Waals surface area (Å²) in [5, 5.41) is 0. The van der Waals surface area contributed by atoms with Gasteiger partial charge >= 0.3 is 0 Å². The van der Waals surface area contributed by atoms with Crippen molar-refractivity contribution in [3.63, 3.8) is 0 Å². The van der Waals surface area contributed by atoms with Gasteiger partial charge in [-0.15, -0.1) is 0 Å². The number of rotatable bonds is 17. The van der Waals surface area contributed by atoms with Gasteiger partial charge in [-0.2, -0.15) is 0 Å². The molecule has 0 saturated heterocycles. The van der Waals surface area contributed by atoms with Gasteiger partial charge in [0.1, 0.15) is 17.3 Å². The van der Waals surface area contributed by atoms with E-state index in [0.29, 0.717) is 10.9 Å². The summed E-state index contributed by atoms with van der Waals surface area (Å²) >= 11 is 0. The smallest absolute Gasteiger partial charge is 0.133 e. The highest BCUT2D eigenvalue weighted by molar-refractivity contribution is 7.96. The normalized spacial score (nSPS) is 10.6. The van der Waals surface area contributed by atoms with E-state index in [0.717, 1.165) is 17.3 Å². The number of unbranched alkanes of at least 4 members (excludes halogenated alkanes) is 9. The van der Waals surface area contributed by atoms with Gasteiger partial charge in [0, 0.05) is 5.56 Å². The second-order valence-electron chi connectivity index (χ2n) is 7.42. The van der Waals surface area contributed by atoms with Gasteiger partial charge in [0.15, 0.2) is 0 Å². The minimum atomic E-state index is 0. The van der Waals surface area contributed by atoms with Crippen LogP contribution in [-0.4, -0.2) is 11.5 Å². The first-order chi connectivity index (χ1) is 12.8. The van der Waals surface area contributed by atoms with Crippen LogP contribution in [0.5, 0.6) is 0 Å². The van der Waals surface area contributed by atoms with Crippen LogP contribution >= 0.6 is 0 Å². The summed E-state index contributed by atoms with van der Waals surface area (Å²) in [6.07, 6.45) is 19.4. The molecule has 0 spiro atoms. The van der Waals surface area contributed by atoms with E-state index >= 15 is 0 Å². The number of benzene rings is 1. The third-order valence-electron chi connectivity index (χ3n) is 4.92. The van der Waals surface area contributed by atoms with Gasteiger partial charge in [0.25, 0.3) is 0 Å². The minimum absolute atomic E-state index is 0. The van der Waals surface area contributed by atoms with Gasteiger partial charge < -0.3 is 12.4 Å². The summed E-state index contributed by atoms with van der Waals surface area (Å²) < 4.78 is 0. The molecule has 0 fully saturated rings. The Hall–Kier alpha value is -0.660. The van der Waals surface area contributed by atoms with Crippen LogP contribution < -0.4 is 12.4 Å². The van der Waals surface area contributed by atoms with Gasteiger partial charge in [-0.1, -0.05) is 102 Å². The Bertz CT molecular complexity index is 456. The standard InChI is InChI=1S/C25H41S.ClH/c1-4-7-8-9-10-11-12-13-14-15-16-24-17-19-25(20-18-24)23-26(21-5-2)22-6-3;/h5-6,17-20H,2-4,7-16,21-23H2,1H3;1H/q+1;/p-1. The van der Waals surface area contributed by atoms with Gasteiger partial charge in [-0.3, -0.25) is 0 Å². The maximum atomic E-state index is 3.89. The number of aryl methyl sites for hydroxylation is 1. The second-order valence-corrected chi connectivity index (χ2v) is 9.60. The Balaban J connectivity index is 0.00000676. The zero-order valence-corrected chi connectivity index (χ0v) is 19.1. The predicted molar refractivity (Wildman–Crippen MR) is 123 cm³/mol. The predicted octanol–water partition coefficient (Wildman–Crippen LogP) is 4.64. The topological polar surface area (TPSA) is 0 Å². The molecule has 1 rings (SSSR count). The van der Waals surface area contributed by atoms with Crippen LogP contribution in [0.15, 0.2) is 49.6 Å². The fourth-order valence-corrected chi connectivity index (χ4v) is 5.08. The van der Waals surface area contributed by atoms with Crippen molar-refractivity contribution in [2.24, 2.45) is 0 Å². The van der Waals surface area contributed by atoms with E-state index in [1.165, 1.54) is 81.8 Å². The van der Waals surface area contributed by atoms with Crippen molar-refractivity contribution in [1.82, 2.24) is 0 Å². The van der Waals surface area contributed by atoms with Gasteiger partial charge in [-0.25, -0.2) is 0 Å². The molecule has 0 atom stereocenters. The van der Waals surface area contributed by atoms with Crippen molar-refractivity contribution in [2.45, 2.75) is 83.3 Å². The van der Waals surface area contributed by atoms with E-state index in [9.17, 15) is 0 Å². The van der Waals surface area contributed by atoms with Gasteiger partial charge in [-0.05, 0) is 41.5 Å². The van der Waals surface area contributed by atoms with E-state index in [-0.39, 0.29) is 12.4 Å². The maximum absolute atomic E-state index is 3.89. The van der Waals surface area contributed by atoms with E-state index in [4.69, 9.17) is 0 Å². The Morgan fingerprint density at radius 1 is 0.704 bits per heavy atom. The number of hydrogen-bond donors (Lipinski definition) is 0. The molecular formula is C25H41ClS. The van der Waals surface area contributed by atoms with Crippen LogP contribution in [0.1, 0.15) is 82.3 Å². The Kier molecular flexibility index (Phi) is 18.2. The molecule has 154 valence electrons. The molecule has 1 aromatic carbocycles. The lowest BCUT2D eigenvalue weighted by Crippen LogP contribution is -3.00. The first kappa shape index (κ1) is 26.3. The molecule has 0 saturated carbocycles. The molecule has 0 aliphatic heterocycles. The summed E-state index contributed by atoms with van der Waals surface area (Å²) in [5.41, 5.74) is 2.96. The SMILES string of the molecule is C=CC[S+](CC=C)Cc1ccc(CCCCCCCCCCCC)cc1.[Cl-]. The summed E-state index contributed by atoms with van der Waals surface area (Å²) in [7, 11) is 0.368. The minimum Gasteiger partial charge on any atom is -1.00 e. The summed E-state index contributed by atoms with van der Waals surface area (Å²) in [4.78, 5) is 0. The highest BCUT2D eigenvalue weighted by Gasteiger charge is 2.14. The van der Waals surface area contributed by atoms with E-state index in [2.05, 4.69) is 44.3 Å². The zero-order valence-electron chi connectivity index (χ0n) is 17.6. The Morgan fingerprint density at radius 2 is 1.15 bits per heavy atom. The molecule has 0 bridgehead atoms. The number of hydrogen-bond acceptors (Lipinski definition) is 0. The second kappa shape index (κ2) is 18.7. The molecule has 0 radical (unpaired) electrons. The summed E-state index contributed by atoms with van der Waals surface area (Å²) in [5.74, 6) is 3.37. The van der Waals surface area contributed by atoms with Crippen molar-refractivity contribution in [3.8, 4) is 0 Å². The van der Waals surface area contributed by atoms with E-state index in [1.54, 1.807) is 0 Å². The fourth-order valence-electron chi connectivity index (χ4n) is 3.37. The molecule has 1 aromatic rings. The van der Waals surface area contributed by atoms with Crippen molar-refractivity contribution < 1.29 is 12.4 Å². The molecule has 0 aromatic heterocycles. The molecular weight excluding hydrogens is 368 g/mol. The van der Waals surface area contributed by atoms with Crippen molar-refractivity contribution in [1.29, 1.82) is 0 Å². The summed E-state index contributed by atoms with van der Waals surface area (Å²) in [6.45, 7) is 10.1. The lowest BCUT2D eigenvalue weighted by molar-refractivity contribution is -0.00000561. The molecule has 0 heterocycles. The average molecular weight is 409 g/mol. The monoisotopic (exact) mass is 408 g/mol. The van der Waals surface area contributed by atoms with Crippen LogP contribution in [0.4, 0.5) is 0 Å². The van der Waals surface area contributed by atoms with Gasteiger partial charge in [0.2, 0.25) is 0 Å². The third kappa shape index (κ3) is 14.1. The number of halogens is 1. The molecule has 2 heteroatoms. The molecule has 0 unspecified atom stereocenters. The first-order valence-electron chi connectivity index (χ1n) is 10.7.